The minimum absolute atomic E-state index is 0.888. The van der Waals surface area contributed by atoms with Crippen LogP contribution >= 0.6 is 38.9 Å². The first-order valence-corrected chi connectivity index (χ1v) is 5.95. The quantitative estimate of drug-likeness (QED) is 0.813. The van der Waals surface area contributed by atoms with Crippen molar-refractivity contribution in [2.24, 2.45) is 0 Å². The minimum atomic E-state index is 0.888. The van der Waals surface area contributed by atoms with Crippen molar-refractivity contribution >= 4 is 38.9 Å². The summed E-state index contributed by atoms with van der Waals surface area (Å²) in [4.78, 5) is 3.56. The zero-order valence-electron chi connectivity index (χ0n) is 7.34. The predicted octanol–water partition coefficient (Wildman–Crippen LogP) is 3.69. The van der Waals surface area contributed by atoms with Crippen LogP contribution in [0, 0.1) is 0 Å². The summed E-state index contributed by atoms with van der Waals surface area (Å²) in [5.74, 6) is 0. The molecule has 1 heterocycles. The van der Waals surface area contributed by atoms with E-state index in [0.29, 0.717) is 0 Å². The number of rotatable bonds is 4. The van der Waals surface area contributed by atoms with E-state index in [1.807, 2.05) is 6.08 Å². The third-order valence-corrected chi connectivity index (χ3v) is 3.35. The molecular weight excluding hydrogens is 270 g/mol. The molecule has 0 saturated heterocycles. The van der Waals surface area contributed by atoms with Gasteiger partial charge >= 0.3 is 0 Å². The summed E-state index contributed by atoms with van der Waals surface area (Å²) >= 11 is 10.6. The van der Waals surface area contributed by atoms with Crippen LogP contribution in [-0.4, -0.2) is 18.5 Å². The van der Waals surface area contributed by atoms with Crippen LogP contribution in [-0.2, 0) is 6.54 Å². The standard InChI is InChI=1S/C9H11BrClNS/c1-12(6-2-5-11)7-8-3-4-9(10)13-8/h2-5H,6-7H2,1H3/b5-2+. The molecule has 0 atom stereocenters. The third-order valence-electron chi connectivity index (χ3n) is 1.56. The summed E-state index contributed by atoms with van der Waals surface area (Å²) in [6.45, 7) is 1.86. The molecule has 0 radical (unpaired) electrons. The zero-order chi connectivity index (χ0) is 9.68. The second-order valence-electron chi connectivity index (χ2n) is 2.76. The second-order valence-corrected chi connectivity index (χ2v) is 5.56. The van der Waals surface area contributed by atoms with Gasteiger partial charge in [-0.2, -0.15) is 0 Å². The molecule has 13 heavy (non-hydrogen) atoms. The molecule has 0 fully saturated rings. The van der Waals surface area contributed by atoms with Crippen LogP contribution in [0.5, 0.6) is 0 Å². The molecule has 0 saturated carbocycles. The average molecular weight is 281 g/mol. The van der Waals surface area contributed by atoms with E-state index in [1.54, 1.807) is 16.9 Å². The summed E-state index contributed by atoms with van der Waals surface area (Å²) in [5, 5.41) is 0. The maximum Gasteiger partial charge on any atom is 0.0701 e. The molecule has 1 aromatic heterocycles. The molecule has 4 heteroatoms. The average Bonchev–Trinajstić information content (AvgIpc) is 2.48. The molecule has 0 aliphatic heterocycles. The van der Waals surface area contributed by atoms with Gasteiger partial charge in [-0.1, -0.05) is 17.7 Å². The lowest BCUT2D eigenvalue weighted by atomic mass is 10.4. The zero-order valence-corrected chi connectivity index (χ0v) is 10.5. The lowest BCUT2D eigenvalue weighted by molar-refractivity contribution is 0.367. The van der Waals surface area contributed by atoms with Crippen molar-refractivity contribution in [3.8, 4) is 0 Å². The van der Waals surface area contributed by atoms with Crippen molar-refractivity contribution in [3.05, 3.63) is 32.4 Å². The molecule has 1 nitrogen and oxygen atoms in total. The van der Waals surface area contributed by atoms with E-state index in [1.165, 1.54) is 8.66 Å². The molecule has 0 aliphatic rings. The first kappa shape index (κ1) is 11.2. The first-order valence-electron chi connectivity index (χ1n) is 3.90. The molecule has 0 spiro atoms. The van der Waals surface area contributed by atoms with Crippen molar-refractivity contribution in [1.29, 1.82) is 0 Å². The molecule has 0 aliphatic carbocycles. The van der Waals surface area contributed by atoms with Gasteiger partial charge in [-0.05, 0) is 35.1 Å². The molecule has 72 valence electrons. The van der Waals surface area contributed by atoms with Gasteiger partial charge in [-0.25, -0.2) is 0 Å². The van der Waals surface area contributed by atoms with Crippen LogP contribution in [0.3, 0.4) is 0 Å². The monoisotopic (exact) mass is 279 g/mol. The highest BCUT2D eigenvalue weighted by atomic mass is 79.9. The Hall–Kier alpha value is 0.170. The van der Waals surface area contributed by atoms with Crippen LogP contribution in [0.25, 0.3) is 0 Å². The van der Waals surface area contributed by atoms with Crippen LogP contribution in [0.4, 0.5) is 0 Å². The molecular formula is C9H11BrClNS. The normalized spacial score (nSPS) is 11.7. The number of thiophene rings is 1. The summed E-state index contributed by atoms with van der Waals surface area (Å²) in [5.41, 5.74) is 1.56. The van der Waals surface area contributed by atoms with Gasteiger partial charge in [0.05, 0.1) is 3.79 Å². The van der Waals surface area contributed by atoms with E-state index in [2.05, 4.69) is 40.0 Å². The van der Waals surface area contributed by atoms with Gasteiger partial charge in [-0.15, -0.1) is 11.3 Å². The Morgan fingerprint density at radius 2 is 2.38 bits per heavy atom. The van der Waals surface area contributed by atoms with Gasteiger partial charge < -0.3 is 0 Å². The predicted molar refractivity (Wildman–Crippen MR) is 63.3 cm³/mol. The first-order chi connectivity index (χ1) is 6.22. The SMILES string of the molecule is CN(C/C=C/Cl)Cc1ccc(Br)s1. The Morgan fingerprint density at radius 3 is 2.92 bits per heavy atom. The van der Waals surface area contributed by atoms with Crippen molar-refractivity contribution < 1.29 is 0 Å². The molecule has 1 rings (SSSR count). The maximum absolute atomic E-state index is 5.44. The fraction of sp³-hybridized carbons (Fsp3) is 0.333. The highest BCUT2D eigenvalue weighted by Crippen LogP contribution is 2.22. The Kier molecular flexibility index (Phi) is 5.02. The van der Waals surface area contributed by atoms with Gasteiger partial charge in [0.1, 0.15) is 0 Å². The van der Waals surface area contributed by atoms with E-state index < -0.39 is 0 Å². The molecule has 0 unspecified atom stereocenters. The molecule has 0 amide bonds. The number of hydrogen-bond donors (Lipinski definition) is 0. The minimum Gasteiger partial charge on any atom is -0.298 e. The second kappa shape index (κ2) is 5.81. The lowest BCUT2D eigenvalue weighted by Crippen LogP contribution is -2.16. The van der Waals surface area contributed by atoms with Gasteiger partial charge in [-0.3, -0.25) is 4.90 Å². The smallest absolute Gasteiger partial charge is 0.0701 e. The van der Waals surface area contributed by atoms with Crippen LogP contribution in [0.2, 0.25) is 0 Å². The van der Waals surface area contributed by atoms with E-state index in [-0.39, 0.29) is 0 Å². The van der Waals surface area contributed by atoms with E-state index in [0.717, 1.165) is 13.1 Å². The van der Waals surface area contributed by atoms with Crippen LogP contribution < -0.4 is 0 Å². The van der Waals surface area contributed by atoms with Crippen molar-refractivity contribution in [2.45, 2.75) is 6.54 Å². The molecule has 0 bridgehead atoms. The highest BCUT2D eigenvalue weighted by molar-refractivity contribution is 9.11. The summed E-state index contributed by atoms with van der Waals surface area (Å²) < 4.78 is 1.18. The summed E-state index contributed by atoms with van der Waals surface area (Å²) in [6, 6.07) is 4.21. The molecule has 0 N–H and O–H groups in total. The molecule has 1 aromatic rings. The number of nitrogens with zero attached hydrogens (tertiary/aromatic N) is 1. The molecule has 0 aromatic carbocycles. The lowest BCUT2D eigenvalue weighted by Gasteiger charge is -2.11. The van der Waals surface area contributed by atoms with Crippen LogP contribution in [0.1, 0.15) is 4.88 Å². The van der Waals surface area contributed by atoms with E-state index in [4.69, 9.17) is 11.6 Å². The van der Waals surface area contributed by atoms with E-state index in [9.17, 15) is 0 Å². The Balaban J connectivity index is 2.40. The van der Waals surface area contributed by atoms with Crippen molar-refractivity contribution in [3.63, 3.8) is 0 Å². The van der Waals surface area contributed by atoms with Gasteiger partial charge in [0.25, 0.3) is 0 Å². The third kappa shape index (κ3) is 4.27. The topological polar surface area (TPSA) is 3.24 Å². The summed E-state index contributed by atoms with van der Waals surface area (Å²) in [7, 11) is 2.07. The summed E-state index contributed by atoms with van der Waals surface area (Å²) in [6.07, 6.45) is 1.93. The van der Waals surface area contributed by atoms with Crippen molar-refractivity contribution in [2.75, 3.05) is 13.6 Å². The Morgan fingerprint density at radius 1 is 1.62 bits per heavy atom. The fourth-order valence-electron chi connectivity index (χ4n) is 0.987. The fourth-order valence-corrected chi connectivity index (χ4v) is 2.63. The van der Waals surface area contributed by atoms with Gasteiger partial charge in [0.2, 0.25) is 0 Å². The number of halogens is 2. The van der Waals surface area contributed by atoms with Crippen LogP contribution in [0.15, 0.2) is 27.5 Å². The number of hydrogen-bond acceptors (Lipinski definition) is 2. The highest BCUT2D eigenvalue weighted by Gasteiger charge is 2.00. The Bertz CT molecular complexity index is 285. The van der Waals surface area contributed by atoms with Crippen molar-refractivity contribution in [1.82, 2.24) is 4.90 Å². The van der Waals surface area contributed by atoms with Gasteiger partial charge in [0.15, 0.2) is 0 Å². The van der Waals surface area contributed by atoms with Gasteiger partial charge in [0, 0.05) is 23.5 Å². The maximum atomic E-state index is 5.44. The Labute approximate surface area is 96.1 Å². The van der Waals surface area contributed by atoms with E-state index >= 15 is 0 Å². The largest absolute Gasteiger partial charge is 0.298 e. The number of likely N-dealkylation sites (N-methyl/N-ethyl adjacent to an activating group) is 1.